The lowest BCUT2D eigenvalue weighted by atomic mass is 9.94. The molecule has 18 heavy (non-hydrogen) atoms. The van der Waals surface area contributed by atoms with Crippen LogP contribution in [0.4, 0.5) is 0 Å². The molecule has 0 heterocycles. The van der Waals surface area contributed by atoms with E-state index >= 15 is 0 Å². The van der Waals surface area contributed by atoms with Gasteiger partial charge in [0.25, 0.3) is 0 Å². The Hall–Kier alpha value is -1.29. The molecule has 0 fully saturated rings. The number of ether oxygens (including phenoxy) is 1. The highest BCUT2D eigenvalue weighted by atomic mass is 32.2. The van der Waals surface area contributed by atoms with Gasteiger partial charge in [-0.05, 0) is 37.3 Å². The fraction of sp³-hybridized carbons (Fsp3) is 0.429. The summed E-state index contributed by atoms with van der Waals surface area (Å²) >= 11 is 1.59. The number of benzene rings is 1. The molecule has 1 rings (SSSR count). The number of hydrogen-bond donors (Lipinski definition) is 0. The van der Waals surface area contributed by atoms with Crippen LogP contribution in [0.25, 0.3) is 0 Å². The number of carbonyl (C=O) groups excluding carboxylic acids is 2. The Morgan fingerprint density at radius 3 is 2.78 bits per heavy atom. The van der Waals surface area contributed by atoms with Gasteiger partial charge < -0.3 is 4.74 Å². The molecular formula is C14H18O3S. The molecule has 0 aromatic heterocycles. The summed E-state index contributed by atoms with van der Waals surface area (Å²) in [6, 6.07) is 5.40. The molecule has 0 aliphatic carbocycles. The Morgan fingerprint density at radius 1 is 1.50 bits per heavy atom. The summed E-state index contributed by atoms with van der Waals surface area (Å²) in [5.74, 6) is 0.125. The Balaban J connectivity index is 3.11. The number of aryl methyl sites for hydroxylation is 1. The first kappa shape index (κ1) is 14.8. The van der Waals surface area contributed by atoms with Crippen molar-refractivity contribution < 1.29 is 14.3 Å². The number of rotatable bonds is 6. The van der Waals surface area contributed by atoms with E-state index in [0.29, 0.717) is 17.9 Å². The second-order valence-electron chi connectivity index (χ2n) is 3.99. The molecule has 1 aromatic rings. The first-order chi connectivity index (χ1) is 8.63. The van der Waals surface area contributed by atoms with E-state index < -0.39 is 0 Å². The summed E-state index contributed by atoms with van der Waals surface area (Å²) in [7, 11) is 0. The largest absolute Gasteiger partial charge is 0.465 e. The summed E-state index contributed by atoms with van der Waals surface area (Å²) in [5, 5.41) is 0. The van der Waals surface area contributed by atoms with E-state index in [9.17, 15) is 9.59 Å². The standard InChI is InChI=1S/C14H18O3S/c1-4-17-14(16)13(9-18-3)12-7-11(8-15)6-5-10(12)2/h5-8,13H,4,9H2,1-3H3. The summed E-state index contributed by atoms with van der Waals surface area (Å²) in [4.78, 5) is 22.8. The molecule has 0 bridgehead atoms. The zero-order valence-corrected chi connectivity index (χ0v) is 11.8. The van der Waals surface area contributed by atoms with E-state index in [2.05, 4.69) is 0 Å². The third-order valence-electron chi connectivity index (χ3n) is 2.72. The van der Waals surface area contributed by atoms with Crippen LogP contribution in [0.5, 0.6) is 0 Å². The van der Waals surface area contributed by atoms with E-state index in [-0.39, 0.29) is 11.9 Å². The van der Waals surface area contributed by atoms with E-state index in [1.54, 1.807) is 30.8 Å². The lowest BCUT2D eigenvalue weighted by molar-refractivity contribution is -0.144. The first-order valence-corrected chi connectivity index (χ1v) is 7.24. The van der Waals surface area contributed by atoms with Crippen LogP contribution in [0, 0.1) is 6.92 Å². The van der Waals surface area contributed by atoms with Gasteiger partial charge in [-0.1, -0.05) is 12.1 Å². The summed E-state index contributed by atoms with van der Waals surface area (Å²) in [5.41, 5.74) is 2.48. The van der Waals surface area contributed by atoms with E-state index in [0.717, 1.165) is 17.4 Å². The smallest absolute Gasteiger partial charge is 0.314 e. The van der Waals surface area contributed by atoms with Crippen LogP contribution in [0.3, 0.4) is 0 Å². The second kappa shape index (κ2) is 7.21. The zero-order valence-electron chi connectivity index (χ0n) is 10.9. The minimum absolute atomic E-state index is 0.224. The number of carbonyl (C=O) groups is 2. The predicted octanol–water partition coefficient (Wildman–Crippen LogP) is 2.82. The fourth-order valence-corrected chi connectivity index (χ4v) is 2.45. The Morgan fingerprint density at radius 2 is 2.22 bits per heavy atom. The summed E-state index contributed by atoms with van der Waals surface area (Å²) < 4.78 is 5.10. The monoisotopic (exact) mass is 266 g/mol. The summed E-state index contributed by atoms with van der Waals surface area (Å²) in [6.45, 7) is 4.11. The van der Waals surface area contributed by atoms with Gasteiger partial charge in [-0.3, -0.25) is 9.59 Å². The summed E-state index contributed by atoms with van der Waals surface area (Å²) in [6.07, 6.45) is 2.75. The van der Waals surface area contributed by atoms with Gasteiger partial charge in [0.15, 0.2) is 0 Å². The zero-order chi connectivity index (χ0) is 13.5. The Kier molecular flexibility index (Phi) is 5.92. The molecule has 0 N–H and O–H groups in total. The van der Waals surface area contributed by atoms with Crippen molar-refractivity contribution in [2.75, 3.05) is 18.6 Å². The van der Waals surface area contributed by atoms with Crippen LogP contribution < -0.4 is 0 Å². The molecular weight excluding hydrogens is 248 g/mol. The highest BCUT2D eigenvalue weighted by Crippen LogP contribution is 2.25. The normalized spacial score (nSPS) is 11.9. The third-order valence-corrected chi connectivity index (χ3v) is 3.39. The van der Waals surface area contributed by atoms with Crippen LogP contribution in [0.2, 0.25) is 0 Å². The quantitative estimate of drug-likeness (QED) is 0.586. The second-order valence-corrected chi connectivity index (χ2v) is 4.90. The van der Waals surface area contributed by atoms with Gasteiger partial charge in [0.2, 0.25) is 0 Å². The highest BCUT2D eigenvalue weighted by molar-refractivity contribution is 7.98. The molecule has 0 spiro atoms. The lowest BCUT2D eigenvalue weighted by Gasteiger charge is -2.17. The molecule has 1 aromatic carbocycles. The fourth-order valence-electron chi connectivity index (χ4n) is 1.80. The van der Waals surface area contributed by atoms with Crippen molar-refractivity contribution in [1.29, 1.82) is 0 Å². The van der Waals surface area contributed by atoms with Gasteiger partial charge in [-0.15, -0.1) is 0 Å². The van der Waals surface area contributed by atoms with E-state index in [1.165, 1.54) is 0 Å². The Bertz CT molecular complexity index is 429. The van der Waals surface area contributed by atoms with Gasteiger partial charge in [0.05, 0.1) is 12.5 Å². The molecule has 0 saturated carbocycles. The van der Waals surface area contributed by atoms with Gasteiger partial charge >= 0.3 is 5.97 Å². The minimum Gasteiger partial charge on any atom is -0.465 e. The third kappa shape index (κ3) is 3.60. The maximum Gasteiger partial charge on any atom is 0.314 e. The molecule has 1 unspecified atom stereocenters. The SMILES string of the molecule is CCOC(=O)C(CSC)c1cc(C=O)ccc1C. The van der Waals surface area contributed by atoms with Crippen molar-refractivity contribution in [1.82, 2.24) is 0 Å². The van der Waals surface area contributed by atoms with Gasteiger partial charge in [-0.25, -0.2) is 0 Å². The predicted molar refractivity (Wildman–Crippen MR) is 74.3 cm³/mol. The van der Waals surface area contributed by atoms with Crippen molar-refractivity contribution in [3.05, 3.63) is 34.9 Å². The van der Waals surface area contributed by atoms with Crippen molar-refractivity contribution in [2.45, 2.75) is 19.8 Å². The molecule has 4 heteroatoms. The number of esters is 1. The van der Waals surface area contributed by atoms with Crippen molar-refractivity contribution in [2.24, 2.45) is 0 Å². The van der Waals surface area contributed by atoms with Crippen molar-refractivity contribution in [3.8, 4) is 0 Å². The molecule has 3 nitrogen and oxygen atoms in total. The van der Waals surface area contributed by atoms with E-state index in [1.807, 2.05) is 19.2 Å². The molecule has 0 aliphatic heterocycles. The van der Waals surface area contributed by atoms with Crippen LogP contribution >= 0.6 is 11.8 Å². The number of hydrogen-bond acceptors (Lipinski definition) is 4. The van der Waals surface area contributed by atoms with Crippen molar-refractivity contribution >= 4 is 24.0 Å². The van der Waals surface area contributed by atoms with Crippen LogP contribution in [-0.2, 0) is 9.53 Å². The average Bonchev–Trinajstić information content (AvgIpc) is 2.37. The van der Waals surface area contributed by atoms with Crippen molar-refractivity contribution in [3.63, 3.8) is 0 Å². The minimum atomic E-state index is -0.306. The van der Waals surface area contributed by atoms with Gasteiger partial charge in [0, 0.05) is 11.3 Å². The van der Waals surface area contributed by atoms with Gasteiger partial charge in [0.1, 0.15) is 6.29 Å². The maximum atomic E-state index is 12.0. The van der Waals surface area contributed by atoms with E-state index in [4.69, 9.17) is 4.74 Å². The molecule has 0 aliphatic rings. The molecule has 0 saturated heterocycles. The molecule has 1 atom stereocenters. The highest BCUT2D eigenvalue weighted by Gasteiger charge is 2.23. The average molecular weight is 266 g/mol. The molecule has 0 amide bonds. The lowest BCUT2D eigenvalue weighted by Crippen LogP contribution is -2.19. The maximum absolute atomic E-state index is 12.0. The topological polar surface area (TPSA) is 43.4 Å². The van der Waals surface area contributed by atoms with Crippen LogP contribution in [0.15, 0.2) is 18.2 Å². The molecule has 98 valence electrons. The Labute approximate surface area is 112 Å². The molecule has 0 radical (unpaired) electrons. The van der Waals surface area contributed by atoms with Gasteiger partial charge in [-0.2, -0.15) is 11.8 Å². The number of aldehydes is 1. The first-order valence-electron chi connectivity index (χ1n) is 5.85. The van der Waals surface area contributed by atoms with Crippen LogP contribution in [0.1, 0.15) is 34.3 Å². The van der Waals surface area contributed by atoms with Crippen LogP contribution in [-0.4, -0.2) is 30.9 Å². The number of thioether (sulfide) groups is 1.